The molecule has 5 nitrogen and oxygen atoms in total. The van der Waals surface area contributed by atoms with Gasteiger partial charge in [0.15, 0.2) is 0 Å². The number of nitrogens with zero attached hydrogens (tertiary/aromatic N) is 3. The number of aryl methyl sites for hydroxylation is 1. The SMILES string of the molecule is Cc1csc(C2CCCN(S(=O)(=O)N3CCC4CCCCC4C3)C2)n1. The van der Waals surface area contributed by atoms with E-state index in [-0.39, 0.29) is 5.92 Å². The molecule has 1 saturated carbocycles. The van der Waals surface area contributed by atoms with Crippen LogP contribution >= 0.6 is 11.3 Å². The van der Waals surface area contributed by atoms with Crippen LogP contribution in [0.5, 0.6) is 0 Å². The molecule has 25 heavy (non-hydrogen) atoms. The summed E-state index contributed by atoms with van der Waals surface area (Å²) < 4.78 is 30.0. The molecule has 0 spiro atoms. The molecule has 1 aliphatic carbocycles. The number of piperidine rings is 2. The second-order valence-electron chi connectivity index (χ2n) is 7.98. The van der Waals surface area contributed by atoms with Gasteiger partial charge in [-0.05, 0) is 44.4 Å². The molecule has 2 aliphatic heterocycles. The predicted octanol–water partition coefficient (Wildman–Crippen LogP) is 3.39. The highest BCUT2D eigenvalue weighted by atomic mass is 32.2. The summed E-state index contributed by atoms with van der Waals surface area (Å²) in [5.41, 5.74) is 1.04. The minimum absolute atomic E-state index is 0.259. The van der Waals surface area contributed by atoms with Crippen LogP contribution in [0.1, 0.15) is 61.6 Å². The molecule has 3 heterocycles. The van der Waals surface area contributed by atoms with Gasteiger partial charge in [-0.1, -0.05) is 19.3 Å². The van der Waals surface area contributed by atoms with E-state index in [1.54, 1.807) is 19.9 Å². The molecule has 0 bridgehead atoms. The summed E-state index contributed by atoms with van der Waals surface area (Å²) in [5.74, 6) is 1.60. The summed E-state index contributed by atoms with van der Waals surface area (Å²) in [4.78, 5) is 4.60. The minimum atomic E-state index is -3.33. The summed E-state index contributed by atoms with van der Waals surface area (Å²) in [6.45, 7) is 4.71. The van der Waals surface area contributed by atoms with Gasteiger partial charge in [-0.3, -0.25) is 0 Å². The van der Waals surface area contributed by atoms with Crippen molar-refractivity contribution >= 4 is 21.5 Å². The number of hydrogen-bond acceptors (Lipinski definition) is 4. The van der Waals surface area contributed by atoms with E-state index in [0.29, 0.717) is 25.6 Å². The van der Waals surface area contributed by atoms with Gasteiger partial charge >= 0.3 is 0 Å². The number of hydrogen-bond donors (Lipinski definition) is 0. The Morgan fingerprint density at radius 1 is 1.00 bits per heavy atom. The van der Waals surface area contributed by atoms with Crippen molar-refractivity contribution in [2.45, 2.75) is 57.8 Å². The second-order valence-corrected chi connectivity index (χ2v) is 10.8. The molecule has 2 saturated heterocycles. The van der Waals surface area contributed by atoms with E-state index in [0.717, 1.165) is 42.4 Å². The molecule has 3 fully saturated rings. The van der Waals surface area contributed by atoms with E-state index in [2.05, 4.69) is 10.4 Å². The summed E-state index contributed by atoms with van der Waals surface area (Å²) >= 11 is 1.67. The van der Waals surface area contributed by atoms with E-state index in [1.165, 1.54) is 25.7 Å². The maximum Gasteiger partial charge on any atom is 0.282 e. The van der Waals surface area contributed by atoms with Gasteiger partial charge in [-0.25, -0.2) is 4.98 Å². The predicted molar refractivity (Wildman–Crippen MR) is 101 cm³/mol. The Balaban J connectivity index is 1.46. The molecular formula is C18H29N3O2S2. The molecule has 0 aromatic carbocycles. The normalized spacial score (nSPS) is 32.4. The van der Waals surface area contributed by atoms with Crippen molar-refractivity contribution in [3.63, 3.8) is 0 Å². The van der Waals surface area contributed by atoms with E-state index >= 15 is 0 Å². The summed E-state index contributed by atoms with van der Waals surface area (Å²) in [7, 11) is -3.33. The fourth-order valence-corrected chi connectivity index (χ4v) is 7.55. The first-order valence-electron chi connectivity index (χ1n) is 9.71. The molecule has 3 atom stereocenters. The number of rotatable bonds is 3. The highest BCUT2D eigenvalue weighted by molar-refractivity contribution is 7.86. The molecule has 0 amide bonds. The van der Waals surface area contributed by atoms with Crippen molar-refractivity contribution in [3.05, 3.63) is 16.1 Å². The Labute approximate surface area is 155 Å². The Morgan fingerprint density at radius 3 is 2.52 bits per heavy atom. The average molecular weight is 384 g/mol. The molecule has 3 unspecified atom stereocenters. The van der Waals surface area contributed by atoms with Gasteiger partial charge in [-0.15, -0.1) is 11.3 Å². The fourth-order valence-electron chi connectivity index (χ4n) is 4.85. The molecule has 0 radical (unpaired) electrons. The van der Waals surface area contributed by atoms with Crippen LogP contribution in [0.15, 0.2) is 5.38 Å². The van der Waals surface area contributed by atoms with Crippen LogP contribution in [0, 0.1) is 18.8 Å². The van der Waals surface area contributed by atoms with Gasteiger partial charge in [0.1, 0.15) is 0 Å². The van der Waals surface area contributed by atoms with Gasteiger partial charge in [0, 0.05) is 43.2 Å². The zero-order valence-electron chi connectivity index (χ0n) is 15.1. The Bertz CT molecular complexity index is 703. The molecular weight excluding hydrogens is 354 g/mol. The van der Waals surface area contributed by atoms with E-state index < -0.39 is 10.2 Å². The van der Waals surface area contributed by atoms with Crippen LogP contribution in [0.2, 0.25) is 0 Å². The fraction of sp³-hybridized carbons (Fsp3) is 0.833. The first kappa shape index (κ1) is 17.9. The van der Waals surface area contributed by atoms with Crippen molar-refractivity contribution in [1.29, 1.82) is 0 Å². The minimum Gasteiger partial charge on any atom is -0.246 e. The molecule has 140 valence electrons. The van der Waals surface area contributed by atoms with Crippen LogP contribution in [0.3, 0.4) is 0 Å². The van der Waals surface area contributed by atoms with Crippen LogP contribution in [0.4, 0.5) is 0 Å². The van der Waals surface area contributed by atoms with Gasteiger partial charge in [0.25, 0.3) is 10.2 Å². The largest absolute Gasteiger partial charge is 0.282 e. The Kier molecular flexibility index (Phi) is 5.19. The first-order chi connectivity index (χ1) is 12.0. The highest BCUT2D eigenvalue weighted by Gasteiger charge is 2.40. The zero-order valence-corrected chi connectivity index (χ0v) is 16.7. The third-order valence-corrected chi connectivity index (χ3v) is 9.37. The molecule has 3 aliphatic rings. The number of fused-ring (bicyclic) bond motifs is 1. The van der Waals surface area contributed by atoms with Crippen molar-refractivity contribution in [3.8, 4) is 0 Å². The number of aromatic nitrogens is 1. The standard InChI is InChI=1S/C18H29N3O2S2/c1-14-13-24-18(19-14)17-7-4-9-20(12-17)25(22,23)21-10-8-15-5-2-3-6-16(15)11-21/h13,15-17H,2-12H2,1H3. The summed E-state index contributed by atoms with van der Waals surface area (Å²) in [5, 5.41) is 3.17. The lowest BCUT2D eigenvalue weighted by Crippen LogP contribution is -2.52. The summed E-state index contributed by atoms with van der Waals surface area (Å²) in [6.07, 6.45) is 8.13. The lowest BCUT2D eigenvalue weighted by atomic mass is 9.76. The van der Waals surface area contributed by atoms with Crippen LogP contribution in [0.25, 0.3) is 0 Å². The van der Waals surface area contributed by atoms with Gasteiger partial charge in [0.05, 0.1) is 5.01 Å². The Morgan fingerprint density at radius 2 is 1.76 bits per heavy atom. The molecule has 4 rings (SSSR count). The zero-order chi connectivity index (χ0) is 17.4. The van der Waals surface area contributed by atoms with Crippen molar-refractivity contribution in [2.75, 3.05) is 26.2 Å². The van der Waals surface area contributed by atoms with Crippen molar-refractivity contribution < 1.29 is 8.42 Å². The summed E-state index contributed by atoms with van der Waals surface area (Å²) in [6, 6.07) is 0. The lowest BCUT2D eigenvalue weighted by Gasteiger charge is -2.43. The van der Waals surface area contributed by atoms with Crippen LogP contribution in [-0.4, -0.2) is 48.2 Å². The first-order valence-corrected chi connectivity index (χ1v) is 12.0. The van der Waals surface area contributed by atoms with E-state index in [4.69, 9.17) is 0 Å². The third kappa shape index (κ3) is 3.66. The monoisotopic (exact) mass is 383 g/mol. The third-order valence-electron chi connectivity index (χ3n) is 6.28. The molecule has 1 aromatic rings. The van der Waals surface area contributed by atoms with Gasteiger partial charge < -0.3 is 0 Å². The molecule has 1 aromatic heterocycles. The van der Waals surface area contributed by atoms with Gasteiger partial charge in [0.2, 0.25) is 0 Å². The van der Waals surface area contributed by atoms with Crippen molar-refractivity contribution in [1.82, 2.24) is 13.6 Å². The molecule has 0 N–H and O–H groups in total. The smallest absolute Gasteiger partial charge is 0.246 e. The molecule has 7 heteroatoms. The van der Waals surface area contributed by atoms with Crippen LogP contribution < -0.4 is 0 Å². The maximum absolute atomic E-state index is 13.2. The van der Waals surface area contributed by atoms with Crippen molar-refractivity contribution in [2.24, 2.45) is 11.8 Å². The van der Waals surface area contributed by atoms with Crippen LogP contribution in [-0.2, 0) is 10.2 Å². The quantitative estimate of drug-likeness (QED) is 0.804. The lowest BCUT2D eigenvalue weighted by molar-refractivity contribution is 0.129. The second kappa shape index (κ2) is 7.25. The number of thiazole rings is 1. The van der Waals surface area contributed by atoms with Gasteiger partial charge in [-0.2, -0.15) is 17.0 Å². The Hall–Kier alpha value is -0.500. The topological polar surface area (TPSA) is 53.5 Å². The van der Waals surface area contributed by atoms with E-state index in [9.17, 15) is 8.42 Å². The highest BCUT2D eigenvalue weighted by Crippen LogP contribution is 2.38. The maximum atomic E-state index is 13.2. The average Bonchev–Trinajstić information content (AvgIpc) is 3.08. The van der Waals surface area contributed by atoms with E-state index in [1.807, 2.05) is 6.92 Å².